The molecule has 4 rings (SSSR count). The van der Waals surface area contributed by atoms with Crippen LogP contribution >= 0.6 is 0 Å². The SMILES string of the molecule is Cc1cc(C)cc(CN2CC3C(COCCCN4CCCCC4)C3C2)c1. The molecule has 2 atom stereocenters. The Labute approximate surface area is 159 Å². The third-order valence-electron chi connectivity index (χ3n) is 6.66. The van der Waals surface area contributed by atoms with Crippen LogP contribution in [0.15, 0.2) is 18.2 Å². The first-order valence-corrected chi connectivity index (χ1v) is 10.8. The van der Waals surface area contributed by atoms with Crippen molar-refractivity contribution in [3.63, 3.8) is 0 Å². The van der Waals surface area contributed by atoms with Gasteiger partial charge >= 0.3 is 0 Å². The lowest BCUT2D eigenvalue weighted by atomic mass is 10.1. The number of likely N-dealkylation sites (tertiary alicyclic amines) is 2. The molecule has 3 nitrogen and oxygen atoms in total. The molecule has 1 aliphatic carbocycles. The fourth-order valence-corrected chi connectivity index (χ4v) is 5.32. The highest BCUT2D eigenvalue weighted by molar-refractivity contribution is 5.28. The largest absolute Gasteiger partial charge is 0.381 e. The molecule has 0 spiro atoms. The topological polar surface area (TPSA) is 15.7 Å². The maximum Gasteiger partial charge on any atom is 0.0500 e. The number of hydrogen-bond donors (Lipinski definition) is 0. The summed E-state index contributed by atoms with van der Waals surface area (Å²) in [5.41, 5.74) is 4.26. The van der Waals surface area contributed by atoms with Crippen molar-refractivity contribution in [2.45, 2.75) is 46.1 Å². The predicted octanol–water partition coefficient (Wildman–Crippen LogP) is 3.87. The summed E-state index contributed by atoms with van der Waals surface area (Å²) in [4.78, 5) is 5.26. The van der Waals surface area contributed by atoms with Crippen molar-refractivity contribution in [3.05, 3.63) is 34.9 Å². The van der Waals surface area contributed by atoms with E-state index < -0.39 is 0 Å². The number of ether oxygens (including phenoxy) is 1. The molecule has 1 saturated carbocycles. The molecule has 144 valence electrons. The maximum absolute atomic E-state index is 6.02. The van der Waals surface area contributed by atoms with Gasteiger partial charge in [0.05, 0.1) is 6.61 Å². The first-order valence-electron chi connectivity index (χ1n) is 10.8. The van der Waals surface area contributed by atoms with Crippen LogP contribution in [0.4, 0.5) is 0 Å². The molecule has 3 fully saturated rings. The van der Waals surface area contributed by atoms with Crippen molar-refractivity contribution < 1.29 is 4.74 Å². The standard InChI is InChI=1S/C23H36N2O/c1-18-11-19(2)13-20(12-18)14-25-15-21-22(16-25)23(21)17-26-10-6-9-24-7-4-3-5-8-24/h11-13,21-23H,3-10,14-17H2,1-2H3. The molecule has 0 N–H and O–H groups in total. The average Bonchev–Trinajstić information content (AvgIpc) is 3.06. The summed E-state index contributed by atoms with van der Waals surface area (Å²) in [6, 6.07) is 6.96. The Morgan fingerprint density at radius 1 is 0.923 bits per heavy atom. The first-order chi connectivity index (χ1) is 12.7. The summed E-state index contributed by atoms with van der Waals surface area (Å²) in [5.74, 6) is 2.66. The number of nitrogens with zero attached hydrogens (tertiary/aromatic N) is 2. The van der Waals surface area contributed by atoms with Gasteiger partial charge in [-0.05, 0) is 69.5 Å². The Hall–Kier alpha value is -0.900. The number of aryl methyl sites for hydroxylation is 2. The highest BCUT2D eigenvalue weighted by Gasteiger charge is 2.55. The number of piperidine rings is 2. The van der Waals surface area contributed by atoms with Crippen LogP contribution in [0, 0.1) is 31.6 Å². The zero-order chi connectivity index (χ0) is 17.9. The molecule has 2 aliphatic heterocycles. The lowest BCUT2D eigenvalue weighted by Gasteiger charge is -2.26. The number of benzene rings is 1. The van der Waals surface area contributed by atoms with Gasteiger partial charge in [0.2, 0.25) is 0 Å². The molecule has 3 aliphatic rings. The maximum atomic E-state index is 6.02. The van der Waals surface area contributed by atoms with Crippen LogP contribution in [-0.4, -0.2) is 55.7 Å². The van der Waals surface area contributed by atoms with Crippen molar-refractivity contribution in [1.82, 2.24) is 9.80 Å². The Bertz CT molecular complexity index is 564. The molecule has 0 amide bonds. The average molecular weight is 357 g/mol. The minimum atomic E-state index is 0.848. The van der Waals surface area contributed by atoms with E-state index in [1.807, 2.05) is 0 Å². The lowest BCUT2D eigenvalue weighted by molar-refractivity contribution is 0.0967. The molecule has 2 unspecified atom stereocenters. The second-order valence-corrected chi connectivity index (χ2v) is 9.01. The third kappa shape index (κ3) is 4.68. The van der Waals surface area contributed by atoms with Crippen LogP contribution in [0.1, 0.15) is 42.4 Å². The second kappa shape index (κ2) is 8.41. The van der Waals surface area contributed by atoms with E-state index in [0.29, 0.717) is 0 Å². The van der Waals surface area contributed by atoms with Crippen LogP contribution in [0.25, 0.3) is 0 Å². The molecule has 3 heteroatoms. The summed E-state index contributed by atoms with van der Waals surface area (Å²) in [6.07, 6.45) is 5.43. The Kier molecular flexibility index (Phi) is 5.97. The van der Waals surface area contributed by atoms with Gasteiger partial charge in [0.15, 0.2) is 0 Å². The molecule has 0 radical (unpaired) electrons. The summed E-state index contributed by atoms with van der Waals surface area (Å²) in [5, 5.41) is 0. The quantitative estimate of drug-likeness (QED) is 0.658. The molecular formula is C23H36N2O. The van der Waals surface area contributed by atoms with E-state index in [1.54, 1.807) is 0 Å². The normalized spacial score (nSPS) is 29.1. The lowest BCUT2D eigenvalue weighted by Crippen LogP contribution is -2.31. The minimum absolute atomic E-state index is 0.848. The Balaban J connectivity index is 1.10. The molecular weight excluding hydrogens is 320 g/mol. The van der Waals surface area contributed by atoms with Gasteiger partial charge in [0.1, 0.15) is 0 Å². The smallest absolute Gasteiger partial charge is 0.0500 e. The number of rotatable bonds is 8. The fraction of sp³-hybridized carbons (Fsp3) is 0.739. The molecule has 1 aromatic carbocycles. The van der Waals surface area contributed by atoms with E-state index in [2.05, 4.69) is 41.8 Å². The van der Waals surface area contributed by atoms with E-state index in [1.165, 1.54) is 75.1 Å². The van der Waals surface area contributed by atoms with Crippen LogP contribution in [-0.2, 0) is 11.3 Å². The molecule has 2 saturated heterocycles. The van der Waals surface area contributed by atoms with Gasteiger partial charge in [0.25, 0.3) is 0 Å². The van der Waals surface area contributed by atoms with Gasteiger partial charge in [-0.15, -0.1) is 0 Å². The van der Waals surface area contributed by atoms with Crippen molar-refractivity contribution in [2.24, 2.45) is 17.8 Å². The van der Waals surface area contributed by atoms with Crippen molar-refractivity contribution in [3.8, 4) is 0 Å². The molecule has 0 aromatic heterocycles. The van der Waals surface area contributed by atoms with Crippen LogP contribution in [0.3, 0.4) is 0 Å². The van der Waals surface area contributed by atoms with Crippen LogP contribution in [0.2, 0.25) is 0 Å². The van der Waals surface area contributed by atoms with E-state index in [-0.39, 0.29) is 0 Å². The summed E-state index contributed by atoms with van der Waals surface area (Å²) >= 11 is 0. The summed E-state index contributed by atoms with van der Waals surface area (Å²) in [7, 11) is 0. The summed E-state index contributed by atoms with van der Waals surface area (Å²) < 4.78 is 6.02. The van der Waals surface area contributed by atoms with E-state index >= 15 is 0 Å². The summed E-state index contributed by atoms with van der Waals surface area (Å²) in [6.45, 7) is 13.9. The van der Waals surface area contributed by atoms with E-state index in [0.717, 1.165) is 37.5 Å². The van der Waals surface area contributed by atoms with E-state index in [4.69, 9.17) is 4.74 Å². The van der Waals surface area contributed by atoms with Gasteiger partial charge in [0, 0.05) is 32.8 Å². The van der Waals surface area contributed by atoms with Gasteiger partial charge in [-0.2, -0.15) is 0 Å². The number of fused-ring (bicyclic) bond motifs is 1. The minimum Gasteiger partial charge on any atom is -0.381 e. The van der Waals surface area contributed by atoms with Gasteiger partial charge < -0.3 is 9.64 Å². The van der Waals surface area contributed by atoms with Crippen LogP contribution in [0.5, 0.6) is 0 Å². The van der Waals surface area contributed by atoms with Gasteiger partial charge in [-0.3, -0.25) is 4.90 Å². The third-order valence-corrected chi connectivity index (χ3v) is 6.66. The molecule has 1 aromatic rings. The highest BCUT2D eigenvalue weighted by Crippen LogP contribution is 2.52. The zero-order valence-corrected chi connectivity index (χ0v) is 16.8. The van der Waals surface area contributed by atoms with Crippen molar-refractivity contribution >= 4 is 0 Å². The monoisotopic (exact) mass is 356 g/mol. The number of hydrogen-bond acceptors (Lipinski definition) is 3. The van der Waals surface area contributed by atoms with Crippen molar-refractivity contribution in [2.75, 3.05) is 45.9 Å². The van der Waals surface area contributed by atoms with Gasteiger partial charge in [-0.25, -0.2) is 0 Å². The van der Waals surface area contributed by atoms with Gasteiger partial charge in [-0.1, -0.05) is 35.7 Å². The fourth-order valence-electron chi connectivity index (χ4n) is 5.32. The second-order valence-electron chi connectivity index (χ2n) is 9.01. The first kappa shape index (κ1) is 18.5. The highest BCUT2D eigenvalue weighted by atomic mass is 16.5. The molecule has 26 heavy (non-hydrogen) atoms. The molecule has 2 heterocycles. The zero-order valence-electron chi connectivity index (χ0n) is 16.8. The predicted molar refractivity (Wildman–Crippen MR) is 107 cm³/mol. The van der Waals surface area contributed by atoms with Crippen molar-refractivity contribution in [1.29, 1.82) is 0 Å². The molecule has 0 bridgehead atoms. The Morgan fingerprint density at radius 2 is 1.62 bits per heavy atom. The Morgan fingerprint density at radius 3 is 2.31 bits per heavy atom. The van der Waals surface area contributed by atoms with E-state index in [9.17, 15) is 0 Å². The van der Waals surface area contributed by atoms with Crippen LogP contribution < -0.4 is 0 Å².